The topological polar surface area (TPSA) is 44.8 Å². The molecule has 0 aromatic heterocycles. The van der Waals surface area contributed by atoms with Crippen molar-refractivity contribution in [2.45, 2.75) is 51.3 Å². The predicted octanol–water partition coefficient (Wildman–Crippen LogP) is 3.94. The number of rotatable bonds is 5. The fraction of sp³-hybridized carbons (Fsp3) is 0.500. The van der Waals surface area contributed by atoms with Crippen molar-refractivity contribution in [2.24, 2.45) is 0 Å². The van der Waals surface area contributed by atoms with Gasteiger partial charge in [0.2, 0.25) is 6.29 Å². The Hall–Kier alpha value is -1.43. The van der Waals surface area contributed by atoms with Crippen LogP contribution < -0.4 is 4.74 Å². The van der Waals surface area contributed by atoms with Crippen LogP contribution >= 0.6 is 0 Å². The minimum absolute atomic E-state index is 0.0726. The molecule has 0 spiro atoms. The lowest BCUT2D eigenvalue weighted by Gasteiger charge is -2.37. The normalized spacial score (nSPS) is 22.2. The maximum Gasteiger partial charge on any atom is 0.220 e. The first-order chi connectivity index (χ1) is 10.7. The molecule has 0 aliphatic carbocycles. The van der Waals surface area contributed by atoms with Gasteiger partial charge in [-0.3, -0.25) is 4.79 Å². The number of para-hydroxylation sites is 1. The van der Waals surface area contributed by atoms with Crippen molar-refractivity contribution < 1.29 is 18.7 Å². The molecule has 0 saturated carbocycles. The summed E-state index contributed by atoms with van der Waals surface area (Å²) < 4.78 is 17.6. The van der Waals surface area contributed by atoms with Crippen molar-refractivity contribution in [3.8, 4) is 5.75 Å². The highest BCUT2D eigenvalue weighted by Crippen LogP contribution is 2.36. The van der Waals surface area contributed by atoms with E-state index in [1.807, 2.05) is 30.3 Å². The number of ketones is 1. The van der Waals surface area contributed by atoms with Crippen LogP contribution in [-0.4, -0.2) is 33.1 Å². The molecule has 1 aromatic carbocycles. The first-order valence-corrected chi connectivity index (χ1v) is 10.8. The van der Waals surface area contributed by atoms with E-state index in [0.29, 0.717) is 5.75 Å². The molecule has 1 aliphatic rings. The Morgan fingerprint density at radius 2 is 1.83 bits per heavy atom. The first-order valence-electron chi connectivity index (χ1n) is 7.92. The van der Waals surface area contributed by atoms with E-state index in [9.17, 15) is 4.79 Å². The quantitative estimate of drug-likeness (QED) is 0.765. The summed E-state index contributed by atoms with van der Waals surface area (Å²) in [5, 5.41) is 0.0977. The van der Waals surface area contributed by atoms with E-state index in [4.69, 9.17) is 13.9 Å². The summed E-state index contributed by atoms with van der Waals surface area (Å²) >= 11 is 0. The summed E-state index contributed by atoms with van der Waals surface area (Å²) in [6, 6.07) is 9.42. The Labute approximate surface area is 139 Å². The van der Waals surface area contributed by atoms with Crippen molar-refractivity contribution in [1.29, 1.82) is 0 Å². The van der Waals surface area contributed by atoms with Gasteiger partial charge in [0.1, 0.15) is 11.9 Å². The maximum atomic E-state index is 12.0. The van der Waals surface area contributed by atoms with Crippen molar-refractivity contribution >= 4 is 14.1 Å². The van der Waals surface area contributed by atoms with Crippen LogP contribution in [0.2, 0.25) is 18.1 Å². The lowest BCUT2D eigenvalue weighted by molar-refractivity contribution is -0.147. The number of hydrogen-bond acceptors (Lipinski definition) is 4. The monoisotopic (exact) mass is 334 g/mol. The molecule has 0 saturated heterocycles. The summed E-state index contributed by atoms with van der Waals surface area (Å²) in [7, 11) is -1.91. The fourth-order valence-corrected chi connectivity index (χ4v) is 2.88. The van der Waals surface area contributed by atoms with E-state index in [-0.39, 0.29) is 17.4 Å². The van der Waals surface area contributed by atoms with Gasteiger partial charge in [0.15, 0.2) is 14.1 Å². The third-order valence-corrected chi connectivity index (χ3v) is 8.93. The predicted molar refractivity (Wildman–Crippen MR) is 93.0 cm³/mol. The number of hydrogen-bond donors (Lipinski definition) is 0. The zero-order valence-corrected chi connectivity index (χ0v) is 15.5. The first kappa shape index (κ1) is 17.9. The number of carbonyl (C=O) groups is 1. The molecular weight excluding hydrogens is 308 g/mol. The zero-order chi connectivity index (χ0) is 17.1. The molecular formula is C18H26O4Si. The molecule has 2 atom stereocenters. The van der Waals surface area contributed by atoms with Crippen LogP contribution in [0.15, 0.2) is 42.5 Å². The lowest BCUT2D eigenvalue weighted by Crippen LogP contribution is -2.46. The number of carbonyl (C=O) groups excluding carboxylic acids is 1. The lowest BCUT2D eigenvalue weighted by atomic mass is 10.2. The van der Waals surface area contributed by atoms with Gasteiger partial charge >= 0.3 is 0 Å². The maximum absolute atomic E-state index is 12.0. The Bertz CT molecular complexity index is 560. The van der Waals surface area contributed by atoms with Crippen LogP contribution in [0.4, 0.5) is 0 Å². The van der Waals surface area contributed by atoms with E-state index < -0.39 is 20.7 Å². The van der Waals surface area contributed by atoms with Gasteiger partial charge < -0.3 is 13.9 Å². The van der Waals surface area contributed by atoms with E-state index in [0.717, 1.165) is 0 Å². The average Bonchev–Trinajstić information content (AvgIpc) is 2.48. The second-order valence-corrected chi connectivity index (χ2v) is 12.1. The van der Waals surface area contributed by atoms with Crippen LogP contribution in [0, 0.1) is 0 Å². The minimum Gasteiger partial charge on any atom is -0.461 e. The third-order valence-electron chi connectivity index (χ3n) is 4.43. The molecule has 2 rings (SSSR count). The summed E-state index contributed by atoms with van der Waals surface area (Å²) in [6.07, 6.45) is 1.99. The highest BCUT2D eigenvalue weighted by molar-refractivity contribution is 6.74. The zero-order valence-electron chi connectivity index (χ0n) is 14.5. The fourth-order valence-electron chi connectivity index (χ4n) is 1.88. The molecule has 0 fully saturated rings. The molecule has 0 radical (unpaired) electrons. The number of benzene rings is 1. The molecule has 5 heteroatoms. The number of ether oxygens (including phenoxy) is 2. The molecule has 1 aromatic rings. The highest BCUT2D eigenvalue weighted by Gasteiger charge is 2.39. The van der Waals surface area contributed by atoms with Crippen molar-refractivity contribution in [1.82, 2.24) is 0 Å². The summed E-state index contributed by atoms with van der Waals surface area (Å²) in [6.45, 7) is 11.1. The molecule has 23 heavy (non-hydrogen) atoms. The van der Waals surface area contributed by atoms with Crippen LogP contribution in [0.3, 0.4) is 0 Å². The third kappa shape index (κ3) is 4.77. The van der Waals surface area contributed by atoms with Crippen molar-refractivity contribution in [3.63, 3.8) is 0 Å². The average molecular weight is 334 g/mol. The van der Waals surface area contributed by atoms with E-state index >= 15 is 0 Å². The van der Waals surface area contributed by atoms with Crippen LogP contribution in [0.25, 0.3) is 0 Å². The van der Waals surface area contributed by atoms with Gasteiger partial charge in [0.05, 0.1) is 6.61 Å². The Balaban J connectivity index is 1.95. The smallest absolute Gasteiger partial charge is 0.220 e. The van der Waals surface area contributed by atoms with Gasteiger partial charge in [0.25, 0.3) is 0 Å². The van der Waals surface area contributed by atoms with Crippen molar-refractivity contribution in [2.75, 3.05) is 6.61 Å². The van der Waals surface area contributed by atoms with E-state index in [1.54, 1.807) is 6.08 Å². The van der Waals surface area contributed by atoms with E-state index in [1.165, 1.54) is 6.08 Å². The summed E-state index contributed by atoms with van der Waals surface area (Å²) in [5.74, 6) is 0.636. The second-order valence-electron chi connectivity index (χ2n) is 7.26. The van der Waals surface area contributed by atoms with Gasteiger partial charge in [-0.05, 0) is 42.4 Å². The molecule has 0 N–H and O–H groups in total. The molecule has 4 nitrogen and oxygen atoms in total. The molecule has 0 bridgehead atoms. The van der Waals surface area contributed by atoms with Gasteiger partial charge in [-0.2, -0.15) is 0 Å². The molecule has 1 aliphatic heterocycles. The van der Waals surface area contributed by atoms with Crippen LogP contribution in [0.1, 0.15) is 20.8 Å². The largest absolute Gasteiger partial charge is 0.461 e. The molecule has 1 heterocycles. The molecule has 0 unspecified atom stereocenters. The Morgan fingerprint density at radius 1 is 1.17 bits per heavy atom. The van der Waals surface area contributed by atoms with Gasteiger partial charge in [-0.15, -0.1) is 0 Å². The summed E-state index contributed by atoms with van der Waals surface area (Å²) in [4.78, 5) is 12.0. The Kier molecular flexibility index (Phi) is 5.44. The van der Waals surface area contributed by atoms with E-state index in [2.05, 4.69) is 33.9 Å². The van der Waals surface area contributed by atoms with Crippen LogP contribution in [0.5, 0.6) is 5.75 Å². The van der Waals surface area contributed by atoms with Gasteiger partial charge in [-0.1, -0.05) is 39.0 Å². The summed E-state index contributed by atoms with van der Waals surface area (Å²) in [5.41, 5.74) is 0. The van der Waals surface area contributed by atoms with Gasteiger partial charge in [0, 0.05) is 0 Å². The highest BCUT2D eigenvalue weighted by atomic mass is 28.4. The van der Waals surface area contributed by atoms with Gasteiger partial charge in [-0.25, -0.2) is 0 Å². The Morgan fingerprint density at radius 3 is 2.43 bits per heavy atom. The second kappa shape index (κ2) is 6.99. The SMILES string of the molecule is CC(C)(C)[Si](C)(C)OC[C@@H]1O[C@H](Oc2ccccc2)C=CC1=O. The minimum atomic E-state index is -1.91. The molecule has 126 valence electrons. The standard InChI is InChI=1S/C18H26O4Si/c1-18(2,3)23(4,5)20-13-16-15(19)11-12-17(22-16)21-14-9-7-6-8-10-14/h6-12,16-17H,13H2,1-5H3/t16-,17-/m0/s1. The van der Waals surface area contributed by atoms with Crippen molar-refractivity contribution in [3.05, 3.63) is 42.5 Å². The molecule has 0 amide bonds. The van der Waals surface area contributed by atoms with Crippen LogP contribution in [-0.2, 0) is 14.0 Å².